The van der Waals surface area contributed by atoms with Crippen LogP contribution in [0.25, 0.3) is 5.69 Å². The van der Waals surface area contributed by atoms with Crippen molar-refractivity contribution in [1.82, 2.24) is 14.8 Å². The van der Waals surface area contributed by atoms with Gasteiger partial charge in [0.25, 0.3) is 0 Å². The van der Waals surface area contributed by atoms with E-state index in [4.69, 9.17) is 10.9 Å². The minimum atomic E-state index is 0.0927. The Morgan fingerprint density at radius 2 is 1.95 bits per heavy atom. The number of aryl methyl sites for hydroxylation is 2. The van der Waals surface area contributed by atoms with Crippen LogP contribution in [0.4, 0.5) is 0 Å². The fraction of sp³-hybridized carbons (Fsp3) is 0.308. The van der Waals surface area contributed by atoms with Crippen molar-refractivity contribution in [3.8, 4) is 5.69 Å². The van der Waals surface area contributed by atoms with Crippen LogP contribution in [-0.4, -0.2) is 25.8 Å². The minimum Gasteiger partial charge on any atom is -0.409 e. The van der Waals surface area contributed by atoms with Crippen molar-refractivity contribution in [1.29, 1.82) is 0 Å². The van der Waals surface area contributed by atoms with E-state index in [-0.39, 0.29) is 5.84 Å². The van der Waals surface area contributed by atoms with Crippen molar-refractivity contribution in [2.45, 2.75) is 26.7 Å². The maximum absolute atomic E-state index is 8.63. The van der Waals surface area contributed by atoms with Crippen LogP contribution >= 0.6 is 0 Å². The lowest BCUT2D eigenvalue weighted by Gasteiger charge is -2.05. The Morgan fingerprint density at radius 3 is 2.47 bits per heavy atom. The van der Waals surface area contributed by atoms with E-state index in [9.17, 15) is 0 Å². The molecule has 1 aromatic heterocycles. The van der Waals surface area contributed by atoms with E-state index in [1.807, 2.05) is 30.7 Å². The molecule has 6 heteroatoms. The second-order valence-corrected chi connectivity index (χ2v) is 4.10. The standard InChI is InChI=1S/C13H17N5O/c1-3-11-15-12(4-2)18(16-11)10-7-5-9(6-8-10)13(14)17-19/h5-8,19H,3-4H2,1-2H3,(H2,14,17). The maximum atomic E-state index is 8.63. The van der Waals surface area contributed by atoms with Gasteiger partial charge in [-0.05, 0) is 24.3 Å². The van der Waals surface area contributed by atoms with Gasteiger partial charge < -0.3 is 10.9 Å². The molecule has 0 aliphatic carbocycles. The Balaban J connectivity index is 2.39. The molecule has 0 saturated carbocycles. The fourth-order valence-electron chi connectivity index (χ4n) is 1.81. The summed E-state index contributed by atoms with van der Waals surface area (Å²) in [5.74, 6) is 1.85. The van der Waals surface area contributed by atoms with Crippen molar-refractivity contribution >= 4 is 5.84 Å². The Labute approximate surface area is 111 Å². The highest BCUT2D eigenvalue weighted by atomic mass is 16.4. The molecule has 0 amide bonds. The molecule has 0 unspecified atom stereocenters. The minimum absolute atomic E-state index is 0.0927. The van der Waals surface area contributed by atoms with Gasteiger partial charge in [0.15, 0.2) is 11.7 Å². The molecule has 100 valence electrons. The summed E-state index contributed by atoms with van der Waals surface area (Å²) in [6.45, 7) is 4.07. The highest BCUT2D eigenvalue weighted by molar-refractivity contribution is 5.97. The third-order valence-electron chi connectivity index (χ3n) is 2.87. The lowest BCUT2D eigenvalue weighted by Crippen LogP contribution is -2.13. The van der Waals surface area contributed by atoms with Gasteiger partial charge in [-0.1, -0.05) is 19.0 Å². The SMILES string of the molecule is CCc1nc(CC)n(-c2ccc(C(N)=NO)cc2)n1. The van der Waals surface area contributed by atoms with E-state index < -0.39 is 0 Å². The zero-order chi connectivity index (χ0) is 13.8. The molecule has 0 spiro atoms. The number of hydrogen-bond donors (Lipinski definition) is 2. The average molecular weight is 259 g/mol. The van der Waals surface area contributed by atoms with E-state index in [0.29, 0.717) is 5.56 Å². The molecule has 0 atom stereocenters. The first-order valence-electron chi connectivity index (χ1n) is 6.22. The molecular weight excluding hydrogens is 242 g/mol. The summed E-state index contributed by atoms with van der Waals surface area (Å²) in [6.07, 6.45) is 1.62. The quantitative estimate of drug-likeness (QED) is 0.377. The van der Waals surface area contributed by atoms with Crippen molar-refractivity contribution in [3.05, 3.63) is 41.5 Å². The zero-order valence-corrected chi connectivity index (χ0v) is 11.0. The first kappa shape index (κ1) is 13.1. The average Bonchev–Trinajstić information content (AvgIpc) is 2.90. The molecule has 1 heterocycles. The van der Waals surface area contributed by atoms with E-state index >= 15 is 0 Å². The van der Waals surface area contributed by atoms with Gasteiger partial charge in [-0.2, -0.15) is 5.10 Å². The first-order valence-corrected chi connectivity index (χ1v) is 6.22. The summed E-state index contributed by atoms with van der Waals surface area (Å²) in [5.41, 5.74) is 7.11. The van der Waals surface area contributed by atoms with Gasteiger partial charge >= 0.3 is 0 Å². The normalized spacial score (nSPS) is 11.8. The van der Waals surface area contributed by atoms with Crippen LogP contribution in [-0.2, 0) is 12.8 Å². The van der Waals surface area contributed by atoms with Gasteiger partial charge in [-0.15, -0.1) is 0 Å². The molecule has 19 heavy (non-hydrogen) atoms. The van der Waals surface area contributed by atoms with E-state index in [0.717, 1.165) is 30.2 Å². The second-order valence-electron chi connectivity index (χ2n) is 4.10. The van der Waals surface area contributed by atoms with Crippen LogP contribution in [0.2, 0.25) is 0 Å². The lowest BCUT2D eigenvalue weighted by atomic mass is 10.2. The number of aromatic nitrogens is 3. The molecule has 6 nitrogen and oxygen atoms in total. The Kier molecular flexibility index (Phi) is 3.79. The van der Waals surface area contributed by atoms with Gasteiger partial charge in [0, 0.05) is 18.4 Å². The highest BCUT2D eigenvalue weighted by Crippen LogP contribution is 2.12. The number of oxime groups is 1. The van der Waals surface area contributed by atoms with Gasteiger partial charge in [-0.3, -0.25) is 0 Å². The predicted molar refractivity (Wildman–Crippen MR) is 72.6 cm³/mol. The van der Waals surface area contributed by atoms with Crippen molar-refractivity contribution in [3.63, 3.8) is 0 Å². The van der Waals surface area contributed by atoms with Gasteiger partial charge in [0.2, 0.25) is 0 Å². The summed E-state index contributed by atoms with van der Waals surface area (Å²) < 4.78 is 1.83. The van der Waals surface area contributed by atoms with Crippen LogP contribution in [0.1, 0.15) is 31.1 Å². The van der Waals surface area contributed by atoms with E-state index in [2.05, 4.69) is 15.2 Å². The first-order chi connectivity index (χ1) is 9.19. The fourth-order valence-corrected chi connectivity index (χ4v) is 1.81. The molecule has 1 aromatic carbocycles. The molecule has 2 aromatic rings. The zero-order valence-electron chi connectivity index (χ0n) is 11.0. The largest absolute Gasteiger partial charge is 0.409 e. The summed E-state index contributed by atoms with van der Waals surface area (Å²) in [5, 5.41) is 16.1. The third kappa shape index (κ3) is 2.57. The molecule has 0 aliphatic rings. The second kappa shape index (κ2) is 5.51. The lowest BCUT2D eigenvalue weighted by molar-refractivity contribution is 0.318. The topological polar surface area (TPSA) is 89.3 Å². The van der Waals surface area contributed by atoms with E-state index in [1.165, 1.54) is 0 Å². The van der Waals surface area contributed by atoms with Gasteiger partial charge in [0.05, 0.1) is 5.69 Å². The van der Waals surface area contributed by atoms with Crippen molar-refractivity contribution < 1.29 is 5.21 Å². The molecule has 3 N–H and O–H groups in total. The van der Waals surface area contributed by atoms with Crippen LogP contribution in [0.3, 0.4) is 0 Å². The molecule has 2 rings (SSSR count). The smallest absolute Gasteiger partial charge is 0.170 e. The number of hydrogen-bond acceptors (Lipinski definition) is 4. The Bertz CT molecular complexity index is 586. The number of amidine groups is 1. The predicted octanol–water partition coefficient (Wildman–Crippen LogP) is 1.49. The Morgan fingerprint density at radius 1 is 1.26 bits per heavy atom. The number of rotatable bonds is 4. The summed E-state index contributed by atoms with van der Waals surface area (Å²) in [6, 6.07) is 7.33. The van der Waals surface area contributed by atoms with Gasteiger partial charge in [0.1, 0.15) is 5.82 Å². The van der Waals surface area contributed by atoms with Crippen molar-refractivity contribution in [2.24, 2.45) is 10.9 Å². The molecule has 0 saturated heterocycles. The molecule has 0 radical (unpaired) electrons. The molecule has 0 aliphatic heterocycles. The summed E-state index contributed by atoms with van der Waals surface area (Å²) >= 11 is 0. The maximum Gasteiger partial charge on any atom is 0.170 e. The third-order valence-corrected chi connectivity index (χ3v) is 2.87. The Hall–Kier alpha value is -2.37. The van der Waals surface area contributed by atoms with Crippen LogP contribution in [0.15, 0.2) is 29.4 Å². The molecule has 0 fully saturated rings. The van der Waals surface area contributed by atoms with E-state index in [1.54, 1.807) is 12.1 Å². The molecule has 0 bridgehead atoms. The summed E-state index contributed by atoms with van der Waals surface area (Å²) in [4.78, 5) is 4.46. The van der Waals surface area contributed by atoms with Crippen molar-refractivity contribution in [2.75, 3.05) is 0 Å². The summed E-state index contributed by atoms with van der Waals surface area (Å²) in [7, 11) is 0. The van der Waals surface area contributed by atoms with Gasteiger partial charge in [-0.25, -0.2) is 9.67 Å². The molecular formula is C13H17N5O. The number of nitrogens with two attached hydrogens (primary N) is 1. The van der Waals surface area contributed by atoms with Crippen LogP contribution in [0.5, 0.6) is 0 Å². The van der Waals surface area contributed by atoms with Crippen LogP contribution in [0, 0.1) is 0 Å². The monoisotopic (exact) mass is 259 g/mol. The highest BCUT2D eigenvalue weighted by Gasteiger charge is 2.09. The van der Waals surface area contributed by atoms with Crippen LogP contribution < -0.4 is 5.73 Å². The number of benzene rings is 1. The number of nitrogens with zero attached hydrogens (tertiary/aromatic N) is 4.